The van der Waals surface area contributed by atoms with Gasteiger partial charge in [0.15, 0.2) is 0 Å². The highest BCUT2D eigenvalue weighted by molar-refractivity contribution is 6.30. The molecular weight excluding hydrogens is 360 g/mol. The molecule has 4 nitrogen and oxygen atoms in total. The lowest BCUT2D eigenvalue weighted by molar-refractivity contribution is 0.296. The smallest absolute Gasteiger partial charge is 0.130 e. The molecule has 0 bridgehead atoms. The van der Waals surface area contributed by atoms with E-state index >= 15 is 0 Å². The summed E-state index contributed by atoms with van der Waals surface area (Å²) in [5, 5.41) is 15.4. The van der Waals surface area contributed by atoms with Gasteiger partial charge in [0.05, 0.1) is 5.69 Å². The summed E-state index contributed by atoms with van der Waals surface area (Å²) >= 11 is 6.25. The Hall–Kier alpha value is -2.46. The third-order valence-electron chi connectivity index (χ3n) is 5.22. The van der Waals surface area contributed by atoms with Crippen molar-refractivity contribution in [3.8, 4) is 22.8 Å². The second-order valence-corrected chi connectivity index (χ2v) is 7.63. The van der Waals surface area contributed by atoms with E-state index in [4.69, 9.17) is 16.3 Å². The lowest BCUT2D eigenvalue weighted by atomic mass is 10.0. The number of aromatic nitrogens is 2. The molecule has 1 N–H and O–H groups in total. The van der Waals surface area contributed by atoms with Crippen LogP contribution in [0, 0.1) is 13.8 Å². The van der Waals surface area contributed by atoms with Crippen molar-refractivity contribution in [2.45, 2.75) is 39.2 Å². The molecule has 0 unspecified atom stereocenters. The number of halogens is 1. The van der Waals surface area contributed by atoms with Crippen molar-refractivity contribution >= 4 is 11.6 Å². The van der Waals surface area contributed by atoms with Crippen molar-refractivity contribution in [1.29, 1.82) is 0 Å². The van der Waals surface area contributed by atoms with E-state index in [1.807, 2.05) is 39.1 Å². The zero-order chi connectivity index (χ0) is 19.1. The van der Waals surface area contributed by atoms with Crippen molar-refractivity contribution in [1.82, 2.24) is 9.78 Å². The first kappa shape index (κ1) is 17.9. The van der Waals surface area contributed by atoms with Crippen molar-refractivity contribution in [3.05, 3.63) is 63.8 Å². The van der Waals surface area contributed by atoms with Crippen LogP contribution in [0.1, 0.15) is 41.0 Å². The molecule has 1 saturated carbocycles. The normalized spacial score (nSPS) is 13.8. The van der Waals surface area contributed by atoms with E-state index in [0.29, 0.717) is 23.4 Å². The van der Waals surface area contributed by atoms with Gasteiger partial charge in [0.1, 0.15) is 23.3 Å². The van der Waals surface area contributed by atoms with Crippen LogP contribution in [0.3, 0.4) is 0 Å². The van der Waals surface area contributed by atoms with E-state index in [1.165, 1.54) is 18.4 Å². The van der Waals surface area contributed by atoms with Gasteiger partial charge in [-0.25, -0.2) is 0 Å². The van der Waals surface area contributed by atoms with Crippen molar-refractivity contribution < 1.29 is 9.84 Å². The molecule has 4 rings (SSSR count). The number of phenols is 1. The number of hydrogen-bond acceptors (Lipinski definition) is 3. The number of phenolic OH excluding ortho intramolecular Hbond substituents is 1. The summed E-state index contributed by atoms with van der Waals surface area (Å²) in [4.78, 5) is 0. The number of ether oxygens (including phenoxy) is 1. The van der Waals surface area contributed by atoms with Crippen LogP contribution >= 0.6 is 11.6 Å². The van der Waals surface area contributed by atoms with Gasteiger partial charge >= 0.3 is 0 Å². The van der Waals surface area contributed by atoms with E-state index in [2.05, 4.69) is 17.2 Å². The van der Waals surface area contributed by atoms with Gasteiger partial charge in [-0.15, -0.1) is 0 Å². The fourth-order valence-electron chi connectivity index (χ4n) is 3.52. The monoisotopic (exact) mass is 382 g/mol. The molecule has 1 aliphatic rings. The van der Waals surface area contributed by atoms with Gasteiger partial charge in [-0.3, -0.25) is 4.68 Å². The Kier molecular flexibility index (Phi) is 4.60. The first-order chi connectivity index (χ1) is 13.0. The summed E-state index contributed by atoms with van der Waals surface area (Å²) in [6.45, 7) is 4.36. The molecule has 0 aliphatic heterocycles. The summed E-state index contributed by atoms with van der Waals surface area (Å²) < 4.78 is 7.74. The molecule has 0 atom stereocenters. The highest BCUT2D eigenvalue weighted by Gasteiger charge is 2.27. The van der Waals surface area contributed by atoms with Gasteiger partial charge in [0.2, 0.25) is 0 Å². The Morgan fingerprint density at radius 2 is 2.00 bits per heavy atom. The highest BCUT2D eigenvalue weighted by atomic mass is 35.5. The maximum absolute atomic E-state index is 10.3. The Balaban J connectivity index is 1.57. The van der Waals surface area contributed by atoms with Crippen LogP contribution in [0.2, 0.25) is 5.15 Å². The van der Waals surface area contributed by atoms with Gasteiger partial charge in [0, 0.05) is 23.7 Å². The molecule has 1 fully saturated rings. The lowest BCUT2D eigenvalue weighted by Crippen LogP contribution is -2.01. The summed E-state index contributed by atoms with van der Waals surface area (Å²) in [5.41, 5.74) is 6.00. The summed E-state index contributed by atoms with van der Waals surface area (Å²) in [7, 11) is 1.84. The topological polar surface area (TPSA) is 47.3 Å². The summed E-state index contributed by atoms with van der Waals surface area (Å²) in [6, 6.07) is 11.8. The maximum Gasteiger partial charge on any atom is 0.130 e. The van der Waals surface area contributed by atoms with Gasteiger partial charge < -0.3 is 9.84 Å². The molecule has 27 heavy (non-hydrogen) atoms. The Labute approximate surface area is 164 Å². The molecular formula is C22H23ClN2O2. The molecule has 0 saturated heterocycles. The minimum atomic E-state index is 0.312. The van der Waals surface area contributed by atoms with Gasteiger partial charge in [-0.1, -0.05) is 23.7 Å². The second kappa shape index (κ2) is 6.93. The molecule has 0 spiro atoms. The number of nitrogens with zero attached hydrogens (tertiary/aromatic N) is 2. The number of benzene rings is 2. The minimum absolute atomic E-state index is 0.312. The average molecular weight is 383 g/mol. The Bertz CT molecular complexity index is 1010. The number of rotatable bonds is 5. The average Bonchev–Trinajstić information content (AvgIpc) is 3.46. The molecule has 5 heteroatoms. The number of aromatic hydroxyl groups is 1. The predicted molar refractivity (Wildman–Crippen MR) is 108 cm³/mol. The van der Waals surface area contributed by atoms with E-state index < -0.39 is 0 Å². The molecule has 140 valence electrons. The Morgan fingerprint density at radius 3 is 2.63 bits per heavy atom. The zero-order valence-corrected chi connectivity index (χ0v) is 16.5. The van der Waals surface area contributed by atoms with Crippen LogP contribution in [0.15, 0.2) is 36.4 Å². The third-order valence-corrected chi connectivity index (χ3v) is 5.75. The maximum atomic E-state index is 10.3. The van der Waals surface area contributed by atoms with Gasteiger partial charge in [-0.2, -0.15) is 5.10 Å². The number of hydrogen-bond donors (Lipinski definition) is 1. The van der Waals surface area contributed by atoms with Crippen LogP contribution in [-0.4, -0.2) is 14.9 Å². The van der Waals surface area contributed by atoms with Crippen LogP contribution in [0.5, 0.6) is 11.5 Å². The van der Waals surface area contributed by atoms with Crippen LogP contribution < -0.4 is 4.74 Å². The standard InChI is InChI=1S/C22H23ClN2O2/c1-13-11-16(21-14(2)22(23)25(3)24-21)9-10-20(13)27-12-18-17(15-7-8-15)5-4-6-19(18)26/h4-6,9-11,15,26H,7-8,12H2,1-3H3. The van der Waals surface area contributed by atoms with Crippen molar-refractivity contribution in [3.63, 3.8) is 0 Å². The van der Waals surface area contributed by atoms with Gasteiger partial charge in [-0.05, 0) is 68.0 Å². The van der Waals surface area contributed by atoms with E-state index in [0.717, 1.165) is 33.7 Å². The molecule has 1 heterocycles. The lowest BCUT2D eigenvalue weighted by Gasteiger charge is -2.14. The molecule has 0 radical (unpaired) electrons. The third kappa shape index (κ3) is 3.42. The molecule has 1 aliphatic carbocycles. The fraction of sp³-hybridized carbons (Fsp3) is 0.318. The SMILES string of the molecule is Cc1cc(-c2nn(C)c(Cl)c2C)ccc1OCc1c(O)cccc1C1CC1. The van der Waals surface area contributed by atoms with Crippen molar-refractivity contribution in [2.75, 3.05) is 0 Å². The molecule has 1 aromatic heterocycles. The quantitative estimate of drug-likeness (QED) is 0.632. The van der Waals surface area contributed by atoms with Crippen LogP contribution in [0.4, 0.5) is 0 Å². The number of aryl methyl sites for hydroxylation is 2. The van der Waals surface area contributed by atoms with Gasteiger partial charge in [0.25, 0.3) is 0 Å². The largest absolute Gasteiger partial charge is 0.508 e. The second-order valence-electron chi connectivity index (χ2n) is 7.28. The first-order valence-electron chi connectivity index (χ1n) is 9.19. The van der Waals surface area contributed by atoms with E-state index in [9.17, 15) is 5.11 Å². The molecule has 0 amide bonds. The molecule has 3 aromatic rings. The first-order valence-corrected chi connectivity index (χ1v) is 9.57. The van der Waals surface area contributed by atoms with Crippen molar-refractivity contribution in [2.24, 2.45) is 7.05 Å². The summed E-state index contributed by atoms with van der Waals surface area (Å²) in [6.07, 6.45) is 2.38. The fourth-order valence-corrected chi connectivity index (χ4v) is 3.65. The van der Waals surface area contributed by atoms with Crippen LogP contribution in [0.25, 0.3) is 11.3 Å². The minimum Gasteiger partial charge on any atom is -0.508 e. The highest BCUT2D eigenvalue weighted by Crippen LogP contribution is 2.43. The summed E-state index contributed by atoms with van der Waals surface area (Å²) in [5.74, 6) is 1.69. The Morgan fingerprint density at radius 1 is 1.22 bits per heavy atom. The predicted octanol–water partition coefficient (Wildman–Crippen LogP) is 5.52. The zero-order valence-electron chi connectivity index (χ0n) is 15.8. The molecule has 2 aromatic carbocycles. The van der Waals surface area contributed by atoms with Crippen LogP contribution in [-0.2, 0) is 13.7 Å². The van der Waals surface area contributed by atoms with E-state index in [1.54, 1.807) is 10.7 Å². The van der Waals surface area contributed by atoms with E-state index in [-0.39, 0.29) is 0 Å².